The van der Waals surface area contributed by atoms with E-state index >= 15 is 0 Å². The average molecular weight is 397 g/mol. The molecule has 28 heavy (non-hydrogen) atoms. The number of anilines is 1. The van der Waals surface area contributed by atoms with Gasteiger partial charge in [0.1, 0.15) is 11.9 Å². The topological polar surface area (TPSA) is 66.5 Å². The molecule has 4 atom stereocenters. The number of imide groups is 1. The molecule has 0 radical (unpaired) electrons. The van der Waals surface area contributed by atoms with E-state index in [2.05, 4.69) is 5.32 Å². The summed E-state index contributed by atoms with van der Waals surface area (Å²) >= 11 is 6.23. The molecule has 5 rings (SSSR count). The van der Waals surface area contributed by atoms with Crippen molar-refractivity contribution in [1.29, 1.82) is 0 Å². The van der Waals surface area contributed by atoms with Gasteiger partial charge in [0.25, 0.3) is 0 Å². The van der Waals surface area contributed by atoms with Crippen molar-refractivity contribution in [2.75, 3.05) is 4.90 Å². The highest BCUT2D eigenvalue weighted by Crippen LogP contribution is 2.47. The molecule has 1 N–H and O–H groups in total. The van der Waals surface area contributed by atoms with Crippen molar-refractivity contribution in [2.24, 2.45) is 11.8 Å². The standard InChI is InChI=1S/C21H14ClFN2O3/c22-13-4-2-1-3-12(13)19(26)18-17-16(20(27)24-21(17)28)15-7-5-10-9-11(23)6-8-14(10)25(15)18/h1-9,15-18H,(H,24,27,28)/t15-,16+,17-,18-/m1/s1. The largest absolute Gasteiger partial charge is 0.352 e. The molecule has 3 aliphatic rings. The Labute approximate surface area is 164 Å². The zero-order chi connectivity index (χ0) is 19.6. The number of Topliss-reactive ketones (excluding diaryl/α,β-unsaturated/α-hetero) is 1. The van der Waals surface area contributed by atoms with Gasteiger partial charge in [-0.2, -0.15) is 0 Å². The third-order valence-corrected chi connectivity index (χ3v) is 6.05. The Morgan fingerprint density at radius 2 is 1.82 bits per heavy atom. The van der Waals surface area contributed by atoms with Crippen LogP contribution >= 0.6 is 11.6 Å². The van der Waals surface area contributed by atoms with Gasteiger partial charge in [0.05, 0.1) is 22.9 Å². The number of hydrogen-bond acceptors (Lipinski definition) is 4. The van der Waals surface area contributed by atoms with Crippen molar-refractivity contribution >= 4 is 41.0 Å². The summed E-state index contributed by atoms with van der Waals surface area (Å²) in [6, 6.07) is 9.51. The monoisotopic (exact) mass is 396 g/mol. The predicted octanol–water partition coefficient (Wildman–Crippen LogP) is 2.83. The molecule has 0 unspecified atom stereocenters. The number of amides is 2. The summed E-state index contributed by atoms with van der Waals surface area (Å²) in [6.45, 7) is 0. The van der Waals surface area contributed by atoms with Crippen molar-refractivity contribution in [3.63, 3.8) is 0 Å². The first-order chi connectivity index (χ1) is 13.5. The first-order valence-corrected chi connectivity index (χ1v) is 9.25. The van der Waals surface area contributed by atoms with Gasteiger partial charge in [0.2, 0.25) is 11.8 Å². The van der Waals surface area contributed by atoms with E-state index in [0.717, 1.165) is 0 Å². The van der Waals surface area contributed by atoms with Crippen molar-refractivity contribution < 1.29 is 18.8 Å². The third-order valence-electron chi connectivity index (χ3n) is 5.72. The van der Waals surface area contributed by atoms with Crippen LogP contribution in [0.3, 0.4) is 0 Å². The van der Waals surface area contributed by atoms with Crippen LogP contribution < -0.4 is 10.2 Å². The Balaban J connectivity index is 1.69. The second kappa shape index (κ2) is 6.01. The highest BCUT2D eigenvalue weighted by molar-refractivity contribution is 6.34. The van der Waals surface area contributed by atoms with Crippen LogP contribution in [-0.4, -0.2) is 29.7 Å². The Morgan fingerprint density at radius 1 is 1.07 bits per heavy atom. The Bertz CT molecular complexity index is 1080. The van der Waals surface area contributed by atoms with Crippen molar-refractivity contribution in [2.45, 2.75) is 12.1 Å². The first-order valence-electron chi connectivity index (χ1n) is 8.87. The number of ketones is 1. The van der Waals surface area contributed by atoms with Crippen LogP contribution in [0.15, 0.2) is 48.5 Å². The molecular formula is C21H14ClFN2O3. The highest BCUT2D eigenvalue weighted by atomic mass is 35.5. The Kier molecular flexibility index (Phi) is 3.67. The van der Waals surface area contributed by atoms with Crippen LogP contribution in [0.25, 0.3) is 6.08 Å². The van der Waals surface area contributed by atoms with Crippen LogP contribution in [-0.2, 0) is 9.59 Å². The van der Waals surface area contributed by atoms with Crippen molar-refractivity contribution in [3.8, 4) is 0 Å². The maximum Gasteiger partial charge on any atom is 0.233 e. The summed E-state index contributed by atoms with van der Waals surface area (Å²) in [5, 5.41) is 2.63. The van der Waals surface area contributed by atoms with Gasteiger partial charge in [-0.05, 0) is 30.3 Å². The van der Waals surface area contributed by atoms with E-state index in [4.69, 9.17) is 11.6 Å². The molecule has 3 aliphatic heterocycles. The molecule has 2 aromatic carbocycles. The van der Waals surface area contributed by atoms with E-state index in [-0.39, 0.29) is 10.8 Å². The molecule has 2 fully saturated rings. The number of carbonyl (C=O) groups is 3. The van der Waals surface area contributed by atoms with E-state index in [1.54, 1.807) is 47.4 Å². The van der Waals surface area contributed by atoms with Gasteiger partial charge >= 0.3 is 0 Å². The van der Waals surface area contributed by atoms with Crippen LogP contribution in [0, 0.1) is 17.7 Å². The zero-order valence-corrected chi connectivity index (χ0v) is 15.2. The summed E-state index contributed by atoms with van der Waals surface area (Å²) in [5.41, 5.74) is 1.51. The first kappa shape index (κ1) is 17.1. The molecular weight excluding hydrogens is 383 g/mol. The normalized spacial score (nSPS) is 27.3. The smallest absolute Gasteiger partial charge is 0.233 e. The minimum Gasteiger partial charge on any atom is -0.352 e. The molecule has 3 heterocycles. The summed E-state index contributed by atoms with van der Waals surface area (Å²) in [5.74, 6) is -3.11. The van der Waals surface area contributed by atoms with Gasteiger partial charge in [0, 0.05) is 16.8 Å². The van der Waals surface area contributed by atoms with Crippen molar-refractivity contribution in [3.05, 3.63) is 70.5 Å². The van der Waals surface area contributed by atoms with Crippen LogP contribution in [0.5, 0.6) is 0 Å². The fraction of sp³-hybridized carbons (Fsp3) is 0.190. The van der Waals surface area contributed by atoms with E-state index in [9.17, 15) is 18.8 Å². The number of halogens is 2. The fourth-order valence-electron chi connectivity index (χ4n) is 4.58. The minimum atomic E-state index is -0.907. The molecule has 0 spiro atoms. The number of carbonyl (C=O) groups excluding carboxylic acids is 3. The molecule has 5 nitrogen and oxygen atoms in total. The second-order valence-corrected chi connectivity index (χ2v) is 7.56. The summed E-state index contributed by atoms with van der Waals surface area (Å²) < 4.78 is 13.7. The quantitative estimate of drug-likeness (QED) is 0.626. The van der Waals surface area contributed by atoms with Gasteiger partial charge < -0.3 is 4.90 Å². The maximum absolute atomic E-state index is 13.7. The molecule has 140 valence electrons. The minimum absolute atomic E-state index is 0.282. The lowest BCUT2D eigenvalue weighted by molar-refractivity contribution is -0.126. The lowest BCUT2D eigenvalue weighted by atomic mass is 9.86. The van der Waals surface area contributed by atoms with Gasteiger partial charge in [-0.3, -0.25) is 19.7 Å². The second-order valence-electron chi connectivity index (χ2n) is 7.15. The van der Waals surface area contributed by atoms with Gasteiger partial charge in [-0.1, -0.05) is 35.9 Å². The molecule has 0 aromatic heterocycles. The van der Waals surface area contributed by atoms with Gasteiger partial charge in [-0.15, -0.1) is 0 Å². The zero-order valence-electron chi connectivity index (χ0n) is 14.4. The molecule has 2 amide bonds. The number of fused-ring (bicyclic) bond motifs is 5. The lowest BCUT2D eigenvalue weighted by Gasteiger charge is -2.35. The number of nitrogens with one attached hydrogen (secondary N) is 1. The van der Waals surface area contributed by atoms with Gasteiger partial charge in [-0.25, -0.2) is 4.39 Å². The van der Waals surface area contributed by atoms with E-state index in [0.29, 0.717) is 16.8 Å². The lowest BCUT2D eigenvalue weighted by Crippen LogP contribution is -2.47. The highest BCUT2D eigenvalue weighted by Gasteiger charge is 2.61. The van der Waals surface area contributed by atoms with Gasteiger partial charge in [0.15, 0.2) is 5.78 Å². The van der Waals surface area contributed by atoms with Crippen LogP contribution in [0.4, 0.5) is 10.1 Å². The Morgan fingerprint density at radius 3 is 2.61 bits per heavy atom. The number of benzene rings is 2. The van der Waals surface area contributed by atoms with Crippen LogP contribution in [0.1, 0.15) is 15.9 Å². The van der Waals surface area contributed by atoms with E-state index < -0.39 is 41.6 Å². The number of nitrogens with zero attached hydrogens (tertiary/aromatic N) is 1. The SMILES string of the molecule is O=C1NC(=O)[C@@H]2[C@@H]1[C@H]1C=Cc3cc(F)ccc3N1[C@H]2C(=O)c1ccccc1Cl. The Hall–Kier alpha value is -2.99. The molecule has 2 saturated heterocycles. The van der Waals surface area contributed by atoms with Crippen LogP contribution in [0.2, 0.25) is 5.02 Å². The number of hydrogen-bond donors (Lipinski definition) is 1. The molecule has 0 aliphatic carbocycles. The summed E-state index contributed by atoms with van der Waals surface area (Å²) in [7, 11) is 0. The number of rotatable bonds is 2. The predicted molar refractivity (Wildman–Crippen MR) is 101 cm³/mol. The molecule has 7 heteroatoms. The van der Waals surface area contributed by atoms with E-state index in [1.165, 1.54) is 12.1 Å². The molecule has 2 aromatic rings. The maximum atomic E-state index is 13.7. The fourth-order valence-corrected chi connectivity index (χ4v) is 4.81. The molecule has 0 saturated carbocycles. The third kappa shape index (κ3) is 2.27. The van der Waals surface area contributed by atoms with E-state index in [1.807, 2.05) is 0 Å². The summed E-state index contributed by atoms with van der Waals surface area (Å²) in [6.07, 6.45) is 3.49. The summed E-state index contributed by atoms with van der Waals surface area (Å²) in [4.78, 5) is 40.3. The van der Waals surface area contributed by atoms with Crippen molar-refractivity contribution in [1.82, 2.24) is 5.32 Å². The molecule has 0 bridgehead atoms. The average Bonchev–Trinajstić information content (AvgIpc) is 3.17.